The van der Waals surface area contributed by atoms with Gasteiger partial charge in [0, 0.05) is 12.6 Å². The molecule has 2 aromatic carbocycles. The molecule has 178 valence electrons. The van der Waals surface area contributed by atoms with Gasteiger partial charge >= 0.3 is 6.09 Å². The van der Waals surface area contributed by atoms with Crippen molar-refractivity contribution in [3.63, 3.8) is 0 Å². The summed E-state index contributed by atoms with van der Waals surface area (Å²) in [5.74, 6) is -0.644. The molecule has 0 aliphatic rings. The van der Waals surface area contributed by atoms with Crippen molar-refractivity contribution in [1.82, 2.24) is 15.5 Å². The number of rotatable bonds is 9. The second-order valence-corrected chi connectivity index (χ2v) is 8.93. The maximum Gasteiger partial charge on any atom is 0.408 e. The molecule has 0 saturated carbocycles. The molecule has 0 heterocycles. The first-order chi connectivity index (χ1) is 15.6. The third kappa shape index (κ3) is 8.25. The molecular weight excluding hydrogens is 418 g/mol. The molecule has 0 aliphatic heterocycles. The fourth-order valence-electron chi connectivity index (χ4n) is 3.35. The second kappa shape index (κ2) is 12.0. The van der Waals surface area contributed by atoms with E-state index in [0.29, 0.717) is 18.5 Å². The Kier molecular flexibility index (Phi) is 9.45. The molecule has 0 aliphatic carbocycles. The minimum atomic E-state index is -0.835. The molecule has 2 atom stereocenters. The number of amides is 3. The molecule has 0 aromatic heterocycles. The first-order valence-electron chi connectivity index (χ1n) is 11.3. The van der Waals surface area contributed by atoms with Gasteiger partial charge in [0.1, 0.15) is 18.2 Å². The van der Waals surface area contributed by atoms with E-state index in [9.17, 15) is 14.4 Å². The molecule has 0 spiro atoms. The lowest BCUT2D eigenvalue weighted by molar-refractivity contribution is -0.142. The Bertz CT molecular complexity index is 910. The van der Waals surface area contributed by atoms with Crippen LogP contribution in [0, 0.1) is 0 Å². The van der Waals surface area contributed by atoms with Crippen LogP contribution in [0.25, 0.3) is 0 Å². The molecular formula is C26H35N3O4. The number of carbonyl (C=O) groups is 3. The van der Waals surface area contributed by atoms with Crippen molar-refractivity contribution >= 4 is 17.9 Å². The van der Waals surface area contributed by atoms with Crippen LogP contribution in [0.1, 0.15) is 58.2 Å². The molecule has 0 bridgehead atoms. The summed E-state index contributed by atoms with van der Waals surface area (Å²) in [5, 5.41) is 5.48. The van der Waals surface area contributed by atoms with Crippen LogP contribution in [0.4, 0.5) is 4.79 Å². The normalized spacial score (nSPS) is 12.9. The number of carbonyl (C=O) groups excluding carboxylic acids is 3. The van der Waals surface area contributed by atoms with Gasteiger partial charge in [-0.25, -0.2) is 4.79 Å². The number of hydrogen-bond donors (Lipinski definition) is 2. The van der Waals surface area contributed by atoms with E-state index >= 15 is 0 Å². The van der Waals surface area contributed by atoms with Crippen molar-refractivity contribution in [2.45, 2.75) is 65.3 Å². The summed E-state index contributed by atoms with van der Waals surface area (Å²) in [6, 6.07) is 17.7. The zero-order valence-corrected chi connectivity index (χ0v) is 20.1. The summed E-state index contributed by atoms with van der Waals surface area (Å²) in [4.78, 5) is 40.3. The van der Waals surface area contributed by atoms with Crippen molar-refractivity contribution in [1.29, 1.82) is 0 Å². The Balaban J connectivity index is 2.25. The standard InChI is InChI=1S/C26H35N3O4/c1-6-19(2)29(22(30)18-28-25(32)33-26(3,4)5)23(21-15-11-8-12-16-21)24(31)27-17-20-13-9-7-10-14-20/h7-16,19,23H,6,17-18H2,1-5H3,(H,27,31)(H,28,32). The summed E-state index contributed by atoms with van der Waals surface area (Å²) >= 11 is 0. The summed E-state index contributed by atoms with van der Waals surface area (Å²) in [7, 11) is 0. The number of hydrogen-bond acceptors (Lipinski definition) is 4. The van der Waals surface area contributed by atoms with E-state index in [1.807, 2.05) is 74.5 Å². The van der Waals surface area contributed by atoms with Gasteiger partial charge in [0.05, 0.1) is 0 Å². The molecule has 7 nitrogen and oxygen atoms in total. The van der Waals surface area contributed by atoms with E-state index in [1.165, 1.54) is 0 Å². The van der Waals surface area contributed by atoms with E-state index in [1.54, 1.807) is 25.7 Å². The smallest absolute Gasteiger partial charge is 0.408 e. The van der Waals surface area contributed by atoms with Gasteiger partial charge < -0.3 is 20.3 Å². The third-order valence-electron chi connectivity index (χ3n) is 5.09. The number of benzene rings is 2. The molecule has 0 fully saturated rings. The van der Waals surface area contributed by atoms with Crippen molar-refractivity contribution in [2.75, 3.05) is 6.54 Å². The maximum atomic E-state index is 13.4. The van der Waals surface area contributed by atoms with E-state index in [2.05, 4.69) is 10.6 Å². The Morgan fingerprint density at radius 2 is 1.52 bits per heavy atom. The summed E-state index contributed by atoms with van der Waals surface area (Å²) in [6.45, 7) is 9.19. The molecule has 0 radical (unpaired) electrons. The molecule has 0 saturated heterocycles. The highest BCUT2D eigenvalue weighted by atomic mass is 16.6. The number of nitrogens with one attached hydrogen (secondary N) is 2. The first kappa shape index (κ1) is 25.9. The Hall–Kier alpha value is -3.35. The average molecular weight is 454 g/mol. The quantitative estimate of drug-likeness (QED) is 0.596. The molecule has 33 heavy (non-hydrogen) atoms. The van der Waals surface area contributed by atoms with Gasteiger partial charge in [-0.15, -0.1) is 0 Å². The maximum absolute atomic E-state index is 13.4. The molecule has 7 heteroatoms. The lowest BCUT2D eigenvalue weighted by Crippen LogP contribution is -2.51. The van der Waals surface area contributed by atoms with Crippen LogP contribution in [0.3, 0.4) is 0 Å². The van der Waals surface area contributed by atoms with Gasteiger partial charge in [-0.05, 0) is 45.2 Å². The van der Waals surface area contributed by atoms with Crippen molar-refractivity contribution < 1.29 is 19.1 Å². The van der Waals surface area contributed by atoms with Crippen LogP contribution >= 0.6 is 0 Å². The Morgan fingerprint density at radius 3 is 2.06 bits per heavy atom. The number of ether oxygens (including phenoxy) is 1. The van der Waals surface area contributed by atoms with Crippen molar-refractivity contribution in [3.8, 4) is 0 Å². The van der Waals surface area contributed by atoms with Gasteiger partial charge in [-0.2, -0.15) is 0 Å². The highest BCUT2D eigenvalue weighted by Gasteiger charge is 2.34. The fourth-order valence-corrected chi connectivity index (χ4v) is 3.35. The highest BCUT2D eigenvalue weighted by Crippen LogP contribution is 2.25. The van der Waals surface area contributed by atoms with Crippen molar-refractivity contribution in [3.05, 3.63) is 71.8 Å². The molecule has 2 rings (SSSR count). The van der Waals surface area contributed by atoms with Gasteiger partial charge in [-0.1, -0.05) is 67.6 Å². The van der Waals surface area contributed by atoms with E-state index in [0.717, 1.165) is 5.56 Å². The first-order valence-corrected chi connectivity index (χ1v) is 11.3. The van der Waals surface area contributed by atoms with Gasteiger partial charge in [0.25, 0.3) is 0 Å². The minimum Gasteiger partial charge on any atom is -0.444 e. The highest BCUT2D eigenvalue weighted by molar-refractivity contribution is 5.90. The van der Waals surface area contributed by atoms with Gasteiger partial charge in [0.2, 0.25) is 11.8 Å². The summed E-state index contributed by atoms with van der Waals surface area (Å²) < 4.78 is 5.23. The van der Waals surface area contributed by atoms with Crippen LogP contribution < -0.4 is 10.6 Å². The van der Waals surface area contributed by atoms with E-state index < -0.39 is 17.7 Å². The SMILES string of the molecule is CCC(C)N(C(=O)CNC(=O)OC(C)(C)C)C(C(=O)NCc1ccccc1)c1ccccc1. The zero-order chi connectivity index (χ0) is 24.4. The average Bonchev–Trinajstić information content (AvgIpc) is 2.79. The number of nitrogens with zero attached hydrogens (tertiary/aromatic N) is 1. The predicted octanol–water partition coefficient (Wildman–Crippen LogP) is 4.20. The van der Waals surface area contributed by atoms with Crippen LogP contribution in [0.15, 0.2) is 60.7 Å². The van der Waals surface area contributed by atoms with Crippen LogP contribution in [-0.4, -0.2) is 41.0 Å². The lowest BCUT2D eigenvalue weighted by Gasteiger charge is -2.36. The third-order valence-corrected chi connectivity index (χ3v) is 5.09. The van der Waals surface area contributed by atoms with Gasteiger partial charge in [-0.3, -0.25) is 9.59 Å². The largest absolute Gasteiger partial charge is 0.444 e. The molecule has 2 unspecified atom stereocenters. The number of alkyl carbamates (subject to hydrolysis) is 1. The Morgan fingerprint density at radius 1 is 0.939 bits per heavy atom. The van der Waals surface area contributed by atoms with Crippen LogP contribution in [0.2, 0.25) is 0 Å². The predicted molar refractivity (Wildman–Crippen MR) is 128 cm³/mol. The molecule has 2 N–H and O–H groups in total. The van der Waals surface area contributed by atoms with Crippen molar-refractivity contribution in [2.24, 2.45) is 0 Å². The second-order valence-electron chi connectivity index (χ2n) is 8.93. The summed E-state index contributed by atoms with van der Waals surface area (Å²) in [6.07, 6.45) is -0.0299. The molecule has 2 aromatic rings. The lowest BCUT2D eigenvalue weighted by atomic mass is 10.0. The van der Waals surface area contributed by atoms with Crippen LogP contribution in [0.5, 0.6) is 0 Å². The fraction of sp³-hybridized carbons (Fsp3) is 0.423. The van der Waals surface area contributed by atoms with E-state index in [-0.39, 0.29) is 24.4 Å². The molecule has 3 amide bonds. The van der Waals surface area contributed by atoms with Gasteiger partial charge in [0.15, 0.2) is 0 Å². The monoisotopic (exact) mass is 453 g/mol. The Labute approximate surface area is 196 Å². The summed E-state index contributed by atoms with van der Waals surface area (Å²) in [5.41, 5.74) is 0.993. The zero-order valence-electron chi connectivity index (χ0n) is 20.1. The van der Waals surface area contributed by atoms with E-state index in [4.69, 9.17) is 4.74 Å². The minimum absolute atomic E-state index is 0.231. The van der Waals surface area contributed by atoms with Crippen LogP contribution in [-0.2, 0) is 20.9 Å². The topological polar surface area (TPSA) is 87.7 Å².